The number of nitrogens with zero attached hydrogens (tertiary/aromatic N) is 1. The summed E-state index contributed by atoms with van der Waals surface area (Å²) in [6, 6.07) is 12.9. The first kappa shape index (κ1) is 20.2. The lowest BCUT2D eigenvalue weighted by Crippen LogP contribution is -2.58. The molecular formula is C26H31N3O2. The Bertz CT molecular complexity index is 1000. The van der Waals surface area contributed by atoms with E-state index in [-0.39, 0.29) is 17.2 Å². The Labute approximate surface area is 184 Å². The average Bonchev–Trinajstić information content (AvgIpc) is 2.70. The van der Waals surface area contributed by atoms with Crippen LogP contribution in [-0.2, 0) is 11.3 Å². The SMILES string of the molecule is CC12CC3CC(C)(C1)CC(C(=O)Nc1cccc(C(=O)NCc4ccccn4)c1)(C3)C2. The van der Waals surface area contributed by atoms with Crippen molar-refractivity contribution in [1.29, 1.82) is 0 Å². The van der Waals surface area contributed by atoms with Gasteiger partial charge in [0.2, 0.25) is 5.91 Å². The van der Waals surface area contributed by atoms with E-state index in [1.807, 2.05) is 30.3 Å². The Kier molecular flexibility index (Phi) is 4.68. The largest absolute Gasteiger partial charge is 0.346 e. The second-order valence-corrected chi connectivity index (χ2v) is 10.9. The van der Waals surface area contributed by atoms with Crippen molar-refractivity contribution in [2.75, 3.05) is 5.32 Å². The van der Waals surface area contributed by atoms with Crippen LogP contribution in [0.1, 0.15) is 68.4 Å². The molecular weight excluding hydrogens is 386 g/mol. The van der Waals surface area contributed by atoms with Gasteiger partial charge in [-0.05, 0) is 85.6 Å². The molecule has 2 aromatic rings. The van der Waals surface area contributed by atoms with E-state index in [0.717, 1.165) is 25.0 Å². The van der Waals surface area contributed by atoms with Crippen LogP contribution in [0.2, 0.25) is 0 Å². The van der Waals surface area contributed by atoms with Crippen molar-refractivity contribution in [1.82, 2.24) is 10.3 Å². The van der Waals surface area contributed by atoms with Crippen LogP contribution in [0.3, 0.4) is 0 Å². The molecule has 31 heavy (non-hydrogen) atoms. The molecule has 1 heterocycles. The van der Waals surface area contributed by atoms with Crippen LogP contribution in [0.15, 0.2) is 48.7 Å². The molecule has 0 aliphatic heterocycles. The zero-order valence-electron chi connectivity index (χ0n) is 18.4. The number of rotatable bonds is 5. The van der Waals surface area contributed by atoms with Crippen LogP contribution >= 0.6 is 0 Å². The molecule has 5 nitrogen and oxygen atoms in total. The predicted molar refractivity (Wildman–Crippen MR) is 120 cm³/mol. The summed E-state index contributed by atoms with van der Waals surface area (Å²) in [5, 5.41) is 6.07. The molecule has 4 fully saturated rings. The normalized spacial score (nSPS) is 33.2. The molecule has 1 aromatic heterocycles. The summed E-state index contributed by atoms with van der Waals surface area (Å²) in [5.41, 5.74) is 2.36. The van der Waals surface area contributed by atoms with Gasteiger partial charge in [-0.3, -0.25) is 14.6 Å². The fraction of sp³-hybridized carbons (Fsp3) is 0.500. The lowest BCUT2D eigenvalue weighted by atomic mass is 9.40. The first-order chi connectivity index (χ1) is 14.8. The van der Waals surface area contributed by atoms with E-state index in [1.54, 1.807) is 18.3 Å². The Morgan fingerprint density at radius 1 is 1.00 bits per heavy atom. The van der Waals surface area contributed by atoms with Crippen molar-refractivity contribution in [2.45, 2.75) is 58.9 Å². The molecule has 4 saturated carbocycles. The maximum Gasteiger partial charge on any atom is 0.251 e. The fourth-order valence-corrected chi connectivity index (χ4v) is 7.48. The lowest BCUT2D eigenvalue weighted by Gasteiger charge is -2.64. The topological polar surface area (TPSA) is 71.1 Å². The fourth-order valence-electron chi connectivity index (χ4n) is 7.48. The summed E-state index contributed by atoms with van der Waals surface area (Å²) in [6.07, 6.45) is 8.48. The molecule has 4 bridgehead atoms. The number of anilines is 1. The maximum atomic E-state index is 13.5. The van der Waals surface area contributed by atoms with Crippen LogP contribution in [0.5, 0.6) is 0 Å². The highest BCUT2D eigenvalue weighted by Gasteiger charge is 2.62. The molecule has 2 unspecified atom stereocenters. The third-order valence-electron chi connectivity index (χ3n) is 7.65. The second-order valence-electron chi connectivity index (χ2n) is 10.9. The van der Waals surface area contributed by atoms with Crippen molar-refractivity contribution < 1.29 is 9.59 Å². The summed E-state index contributed by atoms with van der Waals surface area (Å²) in [7, 11) is 0. The van der Waals surface area contributed by atoms with E-state index in [9.17, 15) is 9.59 Å². The Morgan fingerprint density at radius 3 is 2.45 bits per heavy atom. The van der Waals surface area contributed by atoms with Gasteiger partial charge < -0.3 is 10.6 Å². The Hall–Kier alpha value is -2.69. The van der Waals surface area contributed by atoms with Gasteiger partial charge in [-0.2, -0.15) is 0 Å². The molecule has 4 aliphatic rings. The lowest BCUT2D eigenvalue weighted by molar-refractivity contribution is -0.165. The molecule has 1 aromatic carbocycles. The van der Waals surface area contributed by atoms with Crippen LogP contribution in [0.4, 0.5) is 5.69 Å². The summed E-state index contributed by atoms with van der Waals surface area (Å²) < 4.78 is 0. The van der Waals surface area contributed by atoms with Gasteiger partial charge in [0, 0.05) is 17.4 Å². The van der Waals surface area contributed by atoms with E-state index in [0.29, 0.717) is 34.5 Å². The second kappa shape index (κ2) is 7.18. The molecule has 2 atom stereocenters. The number of carbonyl (C=O) groups is 2. The minimum Gasteiger partial charge on any atom is -0.346 e. The summed E-state index contributed by atoms with van der Waals surface area (Å²) in [4.78, 5) is 30.4. The Balaban J connectivity index is 1.29. The summed E-state index contributed by atoms with van der Waals surface area (Å²) in [6.45, 7) is 5.13. The molecule has 2 amide bonds. The maximum absolute atomic E-state index is 13.5. The van der Waals surface area contributed by atoms with Crippen molar-refractivity contribution in [2.24, 2.45) is 22.2 Å². The van der Waals surface area contributed by atoms with Gasteiger partial charge in [0.15, 0.2) is 0 Å². The third-order valence-corrected chi connectivity index (χ3v) is 7.65. The van der Waals surface area contributed by atoms with Crippen LogP contribution in [-0.4, -0.2) is 16.8 Å². The van der Waals surface area contributed by atoms with Gasteiger partial charge in [-0.1, -0.05) is 26.0 Å². The van der Waals surface area contributed by atoms with Gasteiger partial charge in [0.05, 0.1) is 17.7 Å². The van der Waals surface area contributed by atoms with E-state index in [4.69, 9.17) is 0 Å². The molecule has 0 spiro atoms. The first-order valence-corrected chi connectivity index (χ1v) is 11.4. The smallest absolute Gasteiger partial charge is 0.251 e. The van der Waals surface area contributed by atoms with Gasteiger partial charge >= 0.3 is 0 Å². The first-order valence-electron chi connectivity index (χ1n) is 11.4. The summed E-state index contributed by atoms with van der Waals surface area (Å²) in [5.74, 6) is 0.636. The minimum atomic E-state index is -0.264. The highest BCUT2D eigenvalue weighted by molar-refractivity contribution is 5.99. The highest BCUT2D eigenvalue weighted by atomic mass is 16.2. The highest BCUT2D eigenvalue weighted by Crippen LogP contribution is 2.69. The number of pyridine rings is 1. The number of carbonyl (C=O) groups excluding carboxylic acids is 2. The Morgan fingerprint density at radius 2 is 1.77 bits per heavy atom. The minimum absolute atomic E-state index is 0.139. The van der Waals surface area contributed by atoms with Crippen molar-refractivity contribution >= 4 is 17.5 Å². The van der Waals surface area contributed by atoms with E-state index < -0.39 is 0 Å². The molecule has 0 radical (unpaired) electrons. The number of amides is 2. The van der Waals surface area contributed by atoms with Crippen molar-refractivity contribution in [3.8, 4) is 0 Å². The standard InChI is InChI=1S/C26H31N3O2/c1-24-11-18-12-25(2,15-24)17-26(13-18,16-24)23(31)29-20-8-5-6-19(10-20)22(30)28-14-21-7-3-4-9-27-21/h3-10,18H,11-17H2,1-2H3,(H,28,30)(H,29,31). The zero-order chi connectivity index (χ0) is 21.7. The number of nitrogens with one attached hydrogen (secondary N) is 2. The number of hydrogen-bond acceptors (Lipinski definition) is 3. The monoisotopic (exact) mass is 417 g/mol. The quantitative estimate of drug-likeness (QED) is 0.723. The molecule has 5 heteroatoms. The van der Waals surface area contributed by atoms with Crippen LogP contribution < -0.4 is 10.6 Å². The molecule has 4 aliphatic carbocycles. The molecule has 162 valence electrons. The average molecular weight is 418 g/mol. The molecule has 6 rings (SSSR count). The number of hydrogen-bond donors (Lipinski definition) is 2. The number of benzene rings is 1. The zero-order valence-corrected chi connectivity index (χ0v) is 18.4. The van der Waals surface area contributed by atoms with Crippen LogP contribution in [0, 0.1) is 22.2 Å². The van der Waals surface area contributed by atoms with Gasteiger partial charge in [-0.15, -0.1) is 0 Å². The van der Waals surface area contributed by atoms with Crippen molar-refractivity contribution in [3.63, 3.8) is 0 Å². The molecule has 2 N–H and O–H groups in total. The summed E-state index contributed by atoms with van der Waals surface area (Å²) >= 11 is 0. The number of aromatic nitrogens is 1. The van der Waals surface area contributed by atoms with Gasteiger partial charge in [0.1, 0.15) is 0 Å². The van der Waals surface area contributed by atoms with E-state index >= 15 is 0 Å². The van der Waals surface area contributed by atoms with E-state index in [1.165, 1.54) is 19.3 Å². The van der Waals surface area contributed by atoms with Crippen LogP contribution in [0.25, 0.3) is 0 Å². The molecule has 0 saturated heterocycles. The van der Waals surface area contributed by atoms with Crippen molar-refractivity contribution in [3.05, 3.63) is 59.9 Å². The third kappa shape index (κ3) is 3.86. The van der Waals surface area contributed by atoms with E-state index in [2.05, 4.69) is 29.5 Å². The van der Waals surface area contributed by atoms with Gasteiger partial charge in [0.25, 0.3) is 5.91 Å². The predicted octanol–water partition coefficient (Wildman–Crippen LogP) is 4.95. The van der Waals surface area contributed by atoms with Gasteiger partial charge in [-0.25, -0.2) is 0 Å².